The van der Waals surface area contributed by atoms with E-state index in [1.807, 2.05) is 54.6 Å². The predicted molar refractivity (Wildman–Crippen MR) is 115 cm³/mol. The normalized spacial score (nSPS) is 11.3. The fourth-order valence-corrected chi connectivity index (χ4v) is 3.73. The molecule has 0 amide bonds. The number of fused-ring (bicyclic) bond motifs is 2. The van der Waals surface area contributed by atoms with Crippen LogP contribution in [-0.4, -0.2) is 31.3 Å². The highest BCUT2D eigenvalue weighted by Gasteiger charge is 2.18. The summed E-state index contributed by atoms with van der Waals surface area (Å²) >= 11 is 6.30. The maximum Gasteiger partial charge on any atom is 0.262 e. The number of nitrogens with zero attached hydrogens (tertiary/aromatic N) is 5. The molecular formula is C22H16ClN5O2. The second kappa shape index (κ2) is 7.27. The molecule has 0 fully saturated rings. The number of aromatic nitrogens is 5. The van der Waals surface area contributed by atoms with Crippen LogP contribution in [0.3, 0.4) is 0 Å². The van der Waals surface area contributed by atoms with Crippen molar-refractivity contribution >= 4 is 28.3 Å². The summed E-state index contributed by atoms with van der Waals surface area (Å²) in [6, 6.07) is 16.8. The molecule has 0 aliphatic heterocycles. The number of pyridine rings is 1. The van der Waals surface area contributed by atoms with Crippen LogP contribution in [0, 0.1) is 0 Å². The minimum absolute atomic E-state index is 0.185. The third kappa shape index (κ3) is 3.00. The summed E-state index contributed by atoms with van der Waals surface area (Å²) in [4.78, 5) is 22.3. The number of benzene rings is 2. The van der Waals surface area contributed by atoms with Gasteiger partial charge in [-0.3, -0.25) is 4.79 Å². The molecular weight excluding hydrogens is 402 g/mol. The molecule has 0 saturated carbocycles. The molecule has 148 valence electrons. The first kappa shape index (κ1) is 18.3. The predicted octanol–water partition coefficient (Wildman–Crippen LogP) is 3.82. The van der Waals surface area contributed by atoms with E-state index in [-0.39, 0.29) is 5.56 Å². The van der Waals surface area contributed by atoms with Gasteiger partial charge in [-0.2, -0.15) is 14.6 Å². The Morgan fingerprint density at radius 3 is 2.80 bits per heavy atom. The molecule has 0 radical (unpaired) electrons. The van der Waals surface area contributed by atoms with E-state index in [0.717, 1.165) is 11.1 Å². The van der Waals surface area contributed by atoms with Crippen molar-refractivity contribution in [3.63, 3.8) is 0 Å². The van der Waals surface area contributed by atoms with E-state index in [4.69, 9.17) is 16.3 Å². The van der Waals surface area contributed by atoms with Crippen molar-refractivity contribution in [2.24, 2.45) is 0 Å². The van der Waals surface area contributed by atoms with Crippen LogP contribution in [0.4, 0.5) is 0 Å². The van der Waals surface area contributed by atoms with Crippen LogP contribution in [0.15, 0.2) is 71.9 Å². The van der Waals surface area contributed by atoms with Gasteiger partial charge in [-0.25, -0.2) is 4.98 Å². The standard InChI is InChI=1S/C22H16ClN5O2/c1-30-16-7-4-6-14(11-16)20-19-18(26-22-24-13-25-28(20)22)9-10-27(21(19)29)12-15-5-2-3-8-17(15)23/h2-11,13H,12H2,1H3. The monoisotopic (exact) mass is 417 g/mol. The fourth-order valence-electron chi connectivity index (χ4n) is 3.54. The van der Waals surface area contributed by atoms with Crippen molar-refractivity contribution in [2.75, 3.05) is 7.11 Å². The van der Waals surface area contributed by atoms with Crippen molar-refractivity contribution in [2.45, 2.75) is 6.54 Å². The lowest BCUT2D eigenvalue weighted by molar-refractivity contribution is 0.415. The SMILES string of the molecule is COc1cccc(-c2c3c(=O)n(Cc4ccccc4Cl)ccc3nc3ncnn23)c1. The third-order valence-corrected chi connectivity index (χ3v) is 5.35. The highest BCUT2D eigenvalue weighted by Crippen LogP contribution is 2.28. The molecule has 0 unspecified atom stereocenters. The molecule has 5 rings (SSSR count). The number of rotatable bonds is 4. The summed E-state index contributed by atoms with van der Waals surface area (Å²) in [7, 11) is 1.60. The number of halogens is 1. The lowest BCUT2D eigenvalue weighted by Crippen LogP contribution is -2.22. The first-order valence-corrected chi connectivity index (χ1v) is 9.64. The molecule has 3 aromatic heterocycles. The summed E-state index contributed by atoms with van der Waals surface area (Å²) in [5.74, 6) is 1.10. The number of hydrogen-bond donors (Lipinski definition) is 0. The van der Waals surface area contributed by atoms with Crippen molar-refractivity contribution in [1.29, 1.82) is 0 Å². The minimum Gasteiger partial charge on any atom is -0.497 e. The van der Waals surface area contributed by atoms with Gasteiger partial charge < -0.3 is 9.30 Å². The van der Waals surface area contributed by atoms with Gasteiger partial charge in [0.05, 0.1) is 30.3 Å². The molecule has 30 heavy (non-hydrogen) atoms. The van der Waals surface area contributed by atoms with Gasteiger partial charge in [-0.15, -0.1) is 0 Å². The summed E-state index contributed by atoms with van der Waals surface area (Å²) in [6.07, 6.45) is 3.15. The van der Waals surface area contributed by atoms with Gasteiger partial charge in [0.2, 0.25) is 0 Å². The van der Waals surface area contributed by atoms with Crippen LogP contribution < -0.4 is 10.3 Å². The average Bonchev–Trinajstić information content (AvgIpc) is 3.24. The van der Waals surface area contributed by atoms with Crippen LogP contribution in [0.1, 0.15) is 5.56 Å². The van der Waals surface area contributed by atoms with Gasteiger partial charge in [0.1, 0.15) is 12.1 Å². The summed E-state index contributed by atoms with van der Waals surface area (Å²) in [5, 5.41) is 5.37. The molecule has 3 heterocycles. The largest absolute Gasteiger partial charge is 0.497 e. The summed E-state index contributed by atoms with van der Waals surface area (Å²) in [6.45, 7) is 0.349. The molecule has 0 atom stereocenters. The molecule has 0 spiro atoms. The average molecular weight is 418 g/mol. The summed E-state index contributed by atoms with van der Waals surface area (Å²) in [5.41, 5.74) is 2.62. The second-order valence-electron chi connectivity index (χ2n) is 6.76. The molecule has 2 aromatic carbocycles. The number of ether oxygens (including phenoxy) is 1. The van der Waals surface area contributed by atoms with Crippen molar-refractivity contribution in [3.8, 4) is 17.0 Å². The maximum absolute atomic E-state index is 13.5. The summed E-state index contributed by atoms with van der Waals surface area (Å²) < 4.78 is 8.57. The van der Waals surface area contributed by atoms with Gasteiger partial charge in [-0.05, 0) is 29.8 Å². The molecule has 5 aromatic rings. The van der Waals surface area contributed by atoms with Gasteiger partial charge in [0.25, 0.3) is 11.3 Å². The molecule has 0 saturated heterocycles. The maximum atomic E-state index is 13.5. The minimum atomic E-state index is -0.185. The van der Waals surface area contributed by atoms with Gasteiger partial charge in [-0.1, -0.05) is 41.9 Å². The fraction of sp³-hybridized carbons (Fsp3) is 0.0909. The van der Waals surface area contributed by atoms with E-state index in [9.17, 15) is 4.79 Å². The van der Waals surface area contributed by atoms with Crippen molar-refractivity contribution in [3.05, 3.63) is 88.1 Å². The lowest BCUT2D eigenvalue weighted by atomic mass is 10.1. The molecule has 0 aliphatic carbocycles. The van der Waals surface area contributed by atoms with E-state index in [1.165, 1.54) is 6.33 Å². The highest BCUT2D eigenvalue weighted by atomic mass is 35.5. The van der Waals surface area contributed by atoms with E-state index in [1.54, 1.807) is 22.4 Å². The quantitative estimate of drug-likeness (QED) is 0.444. The van der Waals surface area contributed by atoms with Crippen LogP contribution in [0.5, 0.6) is 5.75 Å². The molecule has 0 N–H and O–H groups in total. The molecule has 0 aliphatic rings. The van der Waals surface area contributed by atoms with Crippen LogP contribution in [0.2, 0.25) is 5.02 Å². The van der Waals surface area contributed by atoms with E-state index in [0.29, 0.717) is 39.7 Å². The lowest BCUT2D eigenvalue weighted by Gasteiger charge is -2.12. The third-order valence-electron chi connectivity index (χ3n) is 4.98. The van der Waals surface area contributed by atoms with Crippen molar-refractivity contribution < 1.29 is 4.74 Å². The van der Waals surface area contributed by atoms with E-state index in [2.05, 4.69) is 15.1 Å². The smallest absolute Gasteiger partial charge is 0.262 e. The molecule has 8 heteroatoms. The Morgan fingerprint density at radius 1 is 1.10 bits per heavy atom. The molecule has 7 nitrogen and oxygen atoms in total. The Kier molecular flexibility index (Phi) is 4.44. The van der Waals surface area contributed by atoms with Crippen molar-refractivity contribution in [1.82, 2.24) is 24.1 Å². The van der Waals surface area contributed by atoms with E-state index < -0.39 is 0 Å². The topological polar surface area (TPSA) is 74.3 Å². The first-order chi connectivity index (χ1) is 14.7. The van der Waals surface area contributed by atoms with Crippen LogP contribution >= 0.6 is 11.6 Å². The highest BCUT2D eigenvalue weighted by molar-refractivity contribution is 6.31. The number of hydrogen-bond acceptors (Lipinski definition) is 5. The van der Waals surface area contributed by atoms with Crippen LogP contribution in [-0.2, 0) is 6.54 Å². The van der Waals surface area contributed by atoms with E-state index >= 15 is 0 Å². The number of methoxy groups -OCH3 is 1. The Labute approximate surface area is 176 Å². The zero-order chi connectivity index (χ0) is 20.7. The Bertz CT molecular complexity index is 1460. The zero-order valence-corrected chi connectivity index (χ0v) is 16.7. The van der Waals surface area contributed by atoms with Gasteiger partial charge >= 0.3 is 0 Å². The molecule has 0 bridgehead atoms. The Balaban J connectivity index is 1.80. The Morgan fingerprint density at radius 2 is 1.97 bits per heavy atom. The van der Waals surface area contributed by atoms with Gasteiger partial charge in [0, 0.05) is 16.8 Å². The van der Waals surface area contributed by atoms with Crippen LogP contribution in [0.25, 0.3) is 27.9 Å². The Hall–Kier alpha value is -3.71. The van der Waals surface area contributed by atoms with Gasteiger partial charge in [0.15, 0.2) is 0 Å². The zero-order valence-electron chi connectivity index (χ0n) is 16.0. The second-order valence-corrected chi connectivity index (χ2v) is 7.17. The first-order valence-electron chi connectivity index (χ1n) is 9.26.